The Morgan fingerprint density at radius 1 is 0.958 bits per heavy atom. The first-order chi connectivity index (χ1) is 11.3. The minimum absolute atomic E-state index is 0. The van der Waals surface area contributed by atoms with Gasteiger partial charge in [-0.25, -0.2) is 0 Å². The highest BCUT2D eigenvalue weighted by molar-refractivity contribution is 6.32. The second-order valence-electron chi connectivity index (χ2n) is 6.25. The molecule has 0 amide bonds. The van der Waals surface area contributed by atoms with Gasteiger partial charge in [-0.3, -0.25) is 0 Å². The third-order valence-electron chi connectivity index (χ3n) is 4.43. The van der Waals surface area contributed by atoms with Crippen LogP contribution in [-0.4, -0.2) is 6.04 Å². The van der Waals surface area contributed by atoms with Crippen LogP contribution in [0.2, 0.25) is 5.02 Å². The van der Waals surface area contributed by atoms with Gasteiger partial charge in [-0.1, -0.05) is 67.3 Å². The van der Waals surface area contributed by atoms with Crippen LogP contribution in [0.4, 0.5) is 0 Å². The van der Waals surface area contributed by atoms with E-state index in [0.29, 0.717) is 17.7 Å². The van der Waals surface area contributed by atoms with Gasteiger partial charge >= 0.3 is 0 Å². The van der Waals surface area contributed by atoms with Crippen molar-refractivity contribution in [3.8, 4) is 5.75 Å². The fraction of sp³-hybridized carbons (Fsp3) is 0.400. The van der Waals surface area contributed by atoms with Gasteiger partial charge in [-0.2, -0.15) is 0 Å². The van der Waals surface area contributed by atoms with Crippen molar-refractivity contribution in [2.45, 2.75) is 51.3 Å². The third kappa shape index (κ3) is 5.70. The summed E-state index contributed by atoms with van der Waals surface area (Å²) in [6, 6.07) is 16.9. The highest BCUT2D eigenvalue weighted by atomic mass is 35.5. The Morgan fingerprint density at radius 2 is 1.71 bits per heavy atom. The van der Waals surface area contributed by atoms with Crippen molar-refractivity contribution in [3.05, 3.63) is 64.7 Å². The van der Waals surface area contributed by atoms with Crippen LogP contribution in [0.15, 0.2) is 48.5 Å². The normalized spacial score (nSPS) is 14.9. The molecule has 2 aromatic carbocycles. The first-order valence-corrected chi connectivity index (χ1v) is 8.87. The molecular formula is C20H25Cl2NO. The summed E-state index contributed by atoms with van der Waals surface area (Å²) in [5, 5.41) is 4.33. The molecule has 0 spiro atoms. The molecule has 1 aliphatic rings. The Kier molecular flexibility index (Phi) is 7.90. The molecule has 1 saturated carbocycles. The molecule has 1 N–H and O–H groups in total. The van der Waals surface area contributed by atoms with Crippen LogP contribution < -0.4 is 10.1 Å². The standard InChI is InChI=1S/C20H24ClNO.ClH/c21-19-13-17(14-22-18-9-5-2-6-10-18)11-12-20(19)23-15-16-7-3-1-4-8-16;/h1,3-4,7-8,11-13,18,22H,2,5-6,9-10,14-15H2;1H. The first-order valence-electron chi connectivity index (χ1n) is 8.50. The van der Waals surface area contributed by atoms with E-state index < -0.39 is 0 Å². The second-order valence-corrected chi connectivity index (χ2v) is 6.66. The van der Waals surface area contributed by atoms with Gasteiger partial charge in [0.15, 0.2) is 0 Å². The molecule has 4 heteroatoms. The number of halogens is 2. The van der Waals surface area contributed by atoms with Crippen LogP contribution in [0.25, 0.3) is 0 Å². The lowest BCUT2D eigenvalue weighted by molar-refractivity contribution is 0.306. The van der Waals surface area contributed by atoms with E-state index in [0.717, 1.165) is 17.9 Å². The number of nitrogens with one attached hydrogen (secondary N) is 1. The summed E-state index contributed by atoms with van der Waals surface area (Å²) in [5.41, 5.74) is 2.36. The Morgan fingerprint density at radius 3 is 2.42 bits per heavy atom. The summed E-state index contributed by atoms with van der Waals surface area (Å²) >= 11 is 6.36. The molecule has 3 rings (SSSR count). The minimum Gasteiger partial charge on any atom is -0.487 e. The summed E-state index contributed by atoms with van der Waals surface area (Å²) in [6.45, 7) is 1.42. The molecule has 130 valence electrons. The summed E-state index contributed by atoms with van der Waals surface area (Å²) in [5.74, 6) is 0.747. The van der Waals surface area contributed by atoms with E-state index in [1.165, 1.54) is 37.7 Å². The van der Waals surface area contributed by atoms with Crippen LogP contribution in [0.3, 0.4) is 0 Å². The van der Waals surface area contributed by atoms with E-state index in [1.807, 2.05) is 30.3 Å². The Bertz CT molecular complexity index is 612. The summed E-state index contributed by atoms with van der Waals surface area (Å²) in [4.78, 5) is 0. The zero-order valence-corrected chi connectivity index (χ0v) is 15.4. The molecule has 0 bridgehead atoms. The Hall–Kier alpha value is -1.22. The third-order valence-corrected chi connectivity index (χ3v) is 4.73. The molecule has 1 aliphatic carbocycles. The maximum atomic E-state index is 6.36. The van der Waals surface area contributed by atoms with E-state index in [2.05, 4.69) is 23.5 Å². The van der Waals surface area contributed by atoms with Crippen molar-refractivity contribution in [2.24, 2.45) is 0 Å². The Labute approximate surface area is 156 Å². The SMILES string of the molecule is Cl.Clc1cc(CNC2CCCCC2)ccc1OCc1ccccc1. The largest absolute Gasteiger partial charge is 0.487 e. The fourth-order valence-electron chi connectivity index (χ4n) is 3.08. The van der Waals surface area contributed by atoms with Crippen molar-refractivity contribution >= 4 is 24.0 Å². The van der Waals surface area contributed by atoms with Crippen molar-refractivity contribution in [1.29, 1.82) is 0 Å². The number of benzene rings is 2. The van der Waals surface area contributed by atoms with Crippen LogP contribution in [0.5, 0.6) is 5.75 Å². The molecule has 0 aromatic heterocycles. The maximum Gasteiger partial charge on any atom is 0.138 e. The molecule has 0 atom stereocenters. The summed E-state index contributed by atoms with van der Waals surface area (Å²) in [6.07, 6.45) is 6.69. The van der Waals surface area contributed by atoms with Gasteiger partial charge in [0, 0.05) is 12.6 Å². The first kappa shape index (κ1) is 19.1. The van der Waals surface area contributed by atoms with Gasteiger partial charge in [0.25, 0.3) is 0 Å². The van der Waals surface area contributed by atoms with Crippen LogP contribution in [0.1, 0.15) is 43.2 Å². The molecule has 0 heterocycles. The van der Waals surface area contributed by atoms with Gasteiger partial charge in [0.1, 0.15) is 12.4 Å². The van der Waals surface area contributed by atoms with E-state index in [-0.39, 0.29) is 12.4 Å². The molecule has 0 unspecified atom stereocenters. The zero-order chi connectivity index (χ0) is 15.9. The van der Waals surface area contributed by atoms with Crippen molar-refractivity contribution in [1.82, 2.24) is 5.32 Å². The summed E-state index contributed by atoms with van der Waals surface area (Å²) < 4.78 is 5.82. The number of rotatable bonds is 6. The number of ether oxygens (including phenoxy) is 1. The topological polar surface area (TPSA) is 21.3 Å². The monoisotopic (exact) mass is 365 g/mol. The van der Waals surface area contributed by atoms with Crippen LogP contribution in [0, 0.1) is 0 Å². The highest BCUT2D eigenvalue weighted by Gasteiger charge is 2.12. The van der Waals surface area contributed by atoms with Crippen LogP contribution in [-0.2, 0) is 13.2 Å². The van der Waals surface area contributed by atoms with Crippen molar-refractivity contribution < 1.29 is 4.74 Å². The van der Waals surface area contributed by atoms with E-state index in [1.54, 1.807) is 0 Å². The highest BCUT2D eigenvalue weighted by Crippen LogP contribution is 2.26. The second kappa shape index (κ2) is 9.93. The molecular weight excluding hydrogens is 341 g/mol. The maximum absolute atomic E-state index is 6.36. The number of hydrogen-bond acceptors (Lipinski definition) is 2. The molecule has 2 aromatic rings. The predicted octanol–water partition coefficient (Wildman–Crippen LogP) is 5.76. The van der Waals surface area contributed by atoms with Gasteiger partial charge in [0.2, 0.25) is 0 Å². The van der Waals surface area contributed by atoms with Gasteiger partial charge in [0.05, 0.1) is 5.02 Å². The number of hydrogen-bond donors (Lipinski definition) is 1. The fourth-order valence-corrected chi connectivity index (χ4v) is 3.33. The predicted molar refractivity (Wildman–Crippen MR) is 103 cm³/mol. The van der Waals surface area contributed by atoms with Gasteiger partial charge in [-0.15, -0.1) is 12.4 Å². The van der Waals surface area contributed by atoms with E-state index >= 15 is 0 Å². The van der Waals surface area contributed by atoms with E-state index in [9.17, 15) is 0 Å². The lowest BCUT2D eigenvalue weighted by atomic mass is 9.95. The molecule has 2 nitrogen and oxygen atoms in total. The minimum atomic E-state index is 0. The van der Waals surface area contributed by atoms with Gasteiger partial charge in [-0.05, 0) is 36.1 Å². The average molecular weight is 366 g/mol. The molecule has 0 saturated heterocycles. The lowest BCUT2D eigenvalue weighted by Crippen LogP contribution is -2.30. The van der Waals surface area contributed by atoms with Crippen LogP contribution >= 0.6 is 24.0 Å². The lowest BCUT2D eigenvalue weighted by Gasteiger charge is -2.23. The molecule has 1 fully saturated rings. The molecule has 24 heavy (non-hydrogen) atoms. The molecule has 0 radical (unpaired) electrons. The molecule has 0 aliphatic heterocycles. The smallest absolute Gasteiger partial charge is 0.138 e. The van der Waals surface area contributed by atoms with Crippen molar-refractivity contribution in [3.63, 3.8) is 0 Å². The van der Waals surface area contributed by atoms with Crippen molar-refractivity contribution in [2.75, 3.05) is 0 Å². The van der Waals surface area contributed by atoms with E-state index in [4.69, 9.17) is 16.3 Å². The van der Waals surface area contributed by atoms with Gasteiger partial charge < -0.3 is 10.1 Å². The average Bonchev–Trinajstić information content (AvgIpc) is 2.61. The quantitative estimate of drug-likeness (QED) is 0.701. The zero-order valence-electron chi connectivity index (χ0n) is 13.8. The Balaban J connectivity index is 0.00000208. The summed E-state index contributed by atoms with van der Waals surface area (Å²) in [7, 11) is 0.